The Morgan fingerprint density at radius 3 is 2.45 bits per heavy atom. The van der Waals surface area contributed by atoms with Gasteiger partial charge in [-0.05, 0) is 42.7 Å². The van der Waals surface area contributed by atoms with E-state index in [9.17, 15) is 0 Å². The number of rotatable bonds is 5. The molecule has 0 spiro atoms. The van der Waals surface area contributed by atoms with Crippen LogP contribution in [0, 0.1) is 0 Å². The van der Waals surface area contributed by atoms with Gasteiger partial charge < -0.3 is 5.32 Å². The molecule has 0 bridgehead atoms. The maximum Gasteiger partial charge on any atom is 0.0453 e. The molecule has 0 aliphatic carbocycles. The molecule has 2 aromatic rings. The van der Waals surface area contributed by atoms with E-state index in [2.05, 4.69) is 31.3 Å². The minimum Gasteiger partial charge on any atom is -0.303 e. The summed E-state index contributed by atoms with van der Waals surface area (Å²) in [5, 5.41) is 5.20. The van der Waals surface area contributed by atoms with Crippen molar-refractivity contribution in [3.63, 3.8) is 0 Å². The summed E-state index contributed by atoms with van der Waals surface area (Å²) >= 11 is 12.3. The lowest BCUT2D eigenvalue weighted by molar-refractivity contribution is 0.456. The van der Waals surface area contributed by atoms with E-state index in [1.807, 2.05) is 36.4 Å². The third-order valence-corrected chi connectivity index (χ3v) is 4.06. The number of nitrogens with one attached hydrogen (secondary N) is 1. The molecule has 0 aliphatic rings. The average molecular weight is 308 g/mol. The molecule has 0 radical (unpaired) electrons. The van der Waals surface area contributed by atoms with Crippen molar-refractivity contribution in [2.75, 3.05) is 0 Å². The van der Waals surface area contributed by atoms with Crippen LogP contribution in [0.3, 0.4) is 0 Å². The van der Waals surface area contributed by atoms with Crippen molar-refractivity contribution in [1.29, 1.82) is 0 Å². The fraction of sp³-hybridized carbons (Fsp3) is 0.294. The molecular weight excluding hydrogens is 289 g/mol. The summed E-state index contributed by atoms with van der Waals surface area (Å²) in [6.07, 6.45) is 0.995. The van der Waals surface area contributed by atoms with Gasteiger partial charge in [0.1, 0.15) is 0 Å². The maximum atomic E-state index is 6.26. The third-order valence-electron chi connectivity index (χ3n) is 3.48. The topological polar surface area (TPSA) is 12.0 Å². The molecule has 2 aromatic carbocycles. The lowest BCUT2D eigenvalue weighted by Gasteiger charge is -2.24. The molecule has 1 unspecified atom stereocenters. The molecule has 20 heavy (non-hydrogen) atoms. The number of halogens is 2. The highest BCUT2D eigenvalue weighted by molar-refractivity contribution is 6.31. The van der Waals surface area contributed by atoms with Crippen LogP contribution in [0.15, 0.2) is 48.5 Å². The lowest BCUT2D eigenvalue weighted by atomic mass is 10.0. The van der Waals surface area contributed by atoms with E-state index >= 15 is 0 Å². The van der Waals surface area contributed by atoms with Gasteiger partial charge in [-0.2, -0.15) is 0 Å². The highest BCUT2D eigenvalue weighted by Gasteiger charge is 2.15. The highest BCUT2D eigenvalue weighted by atomic mass is 35.5. The molecule has 0 saturated carbocycles. The van der Waals surface area contributed by atoms with Gasteiger partial charge in [0.2, 0.25) is 0 Å². The SMILES string of the molecule is CCC(N[C@H](C)c1ccccc1Cl)c1cccc(Cl)c1. The van der Waals surface area contributed by atoms with Crippen LogP contribution in [0.2, 0.25) is 10.0 Å². The zero-order valence-corrected chi connectivity index (χ0v) is 13.2. The van der Waals surface area contributed by atoms with Crippen LogP contribution in [0.25, 0.3) is 0 Å². The van der Waals surface area contributed by atoms with Crippen LogP contribution in [0.5, 0.6) is 0 Å². The fourth-order valence-electron chi connectivity index (χ4n) is 2.39. The molecule has 2 rings (SSSR count). The van der Waals surface area contributed by atoms with E-state index in [4.69, 9.17) is 23.2 Å². The van der Waals surface area contributed by atoms with E-state index in [0.29, 0.717) is 0 Å². The van der Waals surface area contributed by atoms with Crippen molar-refractivity contribution >= 4 is 23.2 Å². The van der Waals surface area contributed by atoms with E-state index in [1.165, 1.54) is 5.56 Å². The van der Waals surface area contributed by atoms with Gasteiger partial charge in [0.05, 0.1) is 0 Å². The normalized spacial score (nSPS) is 14.0. The van der Waals surface area contributed by atoms with Gasteiger partial charge in [-0.3, -0.25) is 0 Å². The summed E-state index contributed by atoms with van der Waals surface area (Å²) in [5.74, 6) is 0. The van der Waals surface area contributed by atoms with Crippen LogP contribution >= 0.6 is 23.2 Å². The number of benzene rings is 2. The lowest BCUT2D eigenvalue weighted by Crippen LogP contribution is -2.24. The first kappa shape index (κ1) is 15.4. The molecular formula is C17H19Cl2N. The largest absolute Gasteiger partial charge is 0.303 e. The molecule has 2 atom stereocenters. The summed E-state index contributed by atoms with van der Waals surface area (Å²) < 4.78 is 0. The van der Waals surface area contributed by atoms with E-state index < -0.39 is 0 Å². The first-order valence-corrected chi connectivity index (χ1v) is 7.63. The van der Waals surface area contributed by atoms with Gasteiger partial charge in [-0.15, -0.1) is 0 Å². The summed E-state index contributed by atoms with van der Waals surface area (Å²) in [4.78, 5) is 0. The molecule has 0 aromatic heterocycles. The van der Waals surface area contributed by atoms with Crippen molar-refractivity contribution in [1.82, 2.24) is 5.32 Å². The van der Waals surface area contributed by atoms with Gasteiger partial charge in [-0.1, -0.05) is 60.5 Å². The van der Waals surface area contributed by atoms with Crippen LogP contribution in [-0.2, 0) is 0 Å². The highest BCUT2D eigenvalue weighted by Crippen LogP contribution is 2.27. The van der Waals surface area contributed by atoms with Gasteiger partial charge in [0.25, 0.3) is 0 Å². The Bertz CT molecular complexity index is 568. The van der Waals surface area contributed by atoms with Gasteiger partial charge in [0, 0.05) is 22.1 Å². The Hall–Kier alpha value is -1.02. The molecule has 0 aliphatic heterocycles. The smallest absolute Gasteiger partial charge is 0.0453 e. The van der Waals surface area contributed by atoms with Gasteiger partial charge >= 0.3 is 0 Å². The average Bonchev–Trinajstić information content (AvgIpc) is 2.45. The molecule has 0 heterocycles. The zero-order valence-electron chi connectivity index (χ0n) is 11.7. The Morgan fingerprint density at radius 1 is 1.05 bits per heavy atom. The molecule has 1 N–H and O–H groups in total. The summed E-state index contributed by atoms with van der Waals surface area (Å²) in [6.45, 7) is 4.30. The van der Waals surface area contributed by atoms with Gasteiger partial charge in [0.15, 0.2) is 0 Å². The minimum absolute atomic E-state index is 0.188. The Labute approximate surface area is 130 Å². The van der Waals surface area contributed by atoms with E-state index in [-0.39, 0.29) is 12.1 Å². The third kappa shape index (κ3) is 3.76. The molecule has 1 nitrogen and oxygen atoms in total. The maximum absolute atomic E-state index is 6.26. The molecule has 0 fully saturated rings. The predicted octanol–water partition coefficient (Wildman–Crippen LogP) is 5.80. The van der Waals surface area contributed by atoms with E-state index in [0.717, 1.165) is 22.0 Å². The van der Waals surface area contributed by atoms with Crippen LogP contribution in [0.4, 0.5) is 0 Å². The van der Waals surface area contributed by atoms with Gasteiger partial charge in [-0.25, -0.2) is 0 Å². The molecule has 106 valence electrons. The van der Waals surface area contributed by atoms with Crippen LogP contribution in [0.1, 0.15) is 43.5 Å². The standard InChI is InChI=1S/C17H19Cl2N/c1-3-17(13-7-6-8-14(18)11-13)20-12(2)15-9-4-5-10-16(15)19/h4-12,17,20H,3H2,1-2H3/t12-,17?/m1/s1. The quantitative estimate of drug-likeness (QED) is 0.736. The first-order chi connectivity index (χ1) is 9.61. The fourth-order valence-corrected chi connectivity index (χ4v) is 2.89. The van der Waals surface area contributed by atoms with Crippen molar-refractivity contribution in [2.24, 2.45) is 0 Å². The second-order valence-corrected chi connectivity index (χ2v) is 5.77. The second-order valence-electron chi connectivity index (χ2n) is 4.93. The Balaban J connectivity index is 2.16. The first-order valence-electron chi connectivity index (χ1n) is 6.87. The van der Waals surface area contributed by atoms with Crippen LogP contribution < -0.4 is 5.32 Å². The monoisotopic (exact) mass is 307 g/mol. The predicted molar refractivity (Wildman–Crippen MR) is 87.5 cm³/mol. The summed E-state index contributed by atoms with van der Waals surface area (Å²) in [6, 6.07) is 16.4. The van der Waals surface area contributed by atoms with Crippen molar-refractivity contribution in [2.45, 2.75) is 32.4 Å². The zero-order chi connectivity index (χ0) is 14.5. The van der Waals surface area contributed by atoms with Crippen LogP contribution in [-0.4, -0.2) is 0 Å². The second kappa shape index (κ2) is 7.12. The van der Waals surface area contributed by atoms with Crippen molar-refractivity contribution in [3.8, 4) is 0 Å². The number of hydrogen-bond donors (Lipinski definition) is 1. The Morgan fingerprint density at radius 2 is 1.80 bits per heavy atom. The number of hydrogen-bond acceptors (Lipinski definition) is 1. The molecule has 0 amide bonds. The summed E-state index contributed by atoms with van der Waals surface area (Å²) in [7, 11) is 0. The van der Waals surface area contributed by atoms with Crippen molar-refractivity contribution < 1.29 is 0 Å². The summed E-state index contributed by atoms with van der Waals surface area (Å²) in [5.41, 5.74) is 2.33. The minimum atomic E-state index is 0.188. The molecule has 0 saturated heterocycles. The molecule has 3 heteroatoms. The Kier molecular flexibility index (Phi) is 5.47. The van der Waals surface area contributed by atoms with E-state index in [1.54, 1.807) is 0 Å². The van der Waals surface area contributed by atoms with Crippen molar-refractivity contribution in [3.05, 3.63) is 69.7 Å².